The highest BCUT2D eigenvalue weighted by molar-refractivity contribution is 5.74. The van der Waals surface area contributed by atoms with E-state index < -0.39 is 12.1 Å². The summed E-state index contributed by atoms with van der Waals surface area (Å²) >= 11 is 0. The third-order valence-corrected chi connectivity index (χ3v) is 4.87. The number of carbonyl (C=O) groups excluding carboxylic acids is 1. The van der Waals surface area contributed by atoms with Crippen LogP contribution in [0.3, 0.4) is 0 Å². The van der Waals surface area contributed by atoms with Crippen molar-refractivity contribution in [2.45, 2.75) is 59.2 Å². The van der Waals surface area contributed by atoms with Gasteiger partial charge in [0.25, 0.3) is 0 Å². The Morgan fingerprint density at radius 2 is 2.04 bits per heavy atom. The number of aromatic nitrogens is 2. The fraction of sp³-hybridized carbons (Fsp3) is 0.765. The zero-order valence-corrected chi connectivity index (χ0v) is 14.7. The van der Waals surface area contributed by atoms with Gasteiger partial charge < -0.3 is 9.84 Å². The van der Waals surface area contributed by atoms with E-state index in [0.29, 0.717) is 0 Å². The van der Waals surface area contributed by atoms with E-state index in [1.165, 1.54) is 18.4 Å². The van der Waals surface area contributed by atoms with E-state index >= 15 is 0 Å². The summed E-state index contributed by atoms with van der Waals surface area (Å²) in [6.07, 6.45) is 1.73. The van der Waals surface area contributed by atoms with Crippen molar-refractivity contribution >= 4 is 5.97 Å². The first kappa shape index (κ1) is 17.9. The summed E-state index contributed by atoms with van der Waals surface area (Å²) in [6.45, 7) is 9.99. The van der Waals surface area contributed by atoms with Crippen LogP contribution >= 0.6 is 0 Å². The molecule has 1 aliphatic rings. The SMILES string of the molecule is CCCn1nc(C)c(CN2CCC(C(O)C(=O)OC)CC2)c1C. The molecule has 2 rings (SSSR count). The second-order valence-corrected chi connectivity index (χ2v) is 6.45. The summed E-state index contributed by atoms with van der Waals surface area (Å²) in [4.78, 5) is 13.8. The number of ether oxygens (including phenoxy) is 1. The first-order valence-electron chi connectivity index (χ1n) is 8.49. The second kappa shape index (κ2) is 7.93. The predicted molar refractivity (Wildman–Crippen MR) is 88.0 cm³/mol. The van der Waals surface area contributed by atoms with E-state index in [1.54, 1.807) is 0 Å². The third-order valence-electron chi connectivity index (χ3n) is 4.87. The molecule has 0 spiro atoms. The number of carbonyl (C=O) groups is 1. The van der Waals surface area contributed by atoms with Crippen LogP contribution in [0, 0.1) is 19.8 Å². The highest BCUT2D eigenvalue weighted by Gasteiger charge is 2.30. The highest BCUT2D eigenvalue weighted by atomic mass is 16.5. The molecule has 0 radical (unpaired) electrons. The van der Waals surface area contributed by atoms with Gasteiger partial charge in [0.15, 0.2) is 6.10 Å². The Hall–Kier alpha value is -1.40. The van der Waals surface area contributed by atoms with Gasteiger partial charge in [-0.3, -0.25) is 9.58 Å². The number of hydrogen-bond donors (Lipinski definition) is 1. The number of aryl methyl sites for hydroxylation is 2. The first-order chi connectivity index (χ1) is 11.0. The van der Waals surface area contributed by atoms with Crippen molar-refractivity contribution in [2.24, 2.45) is 5.92 Å². The topological polar surface area (TPSA) is 67.6 Å². The molecule has 1 aliphatic heterocycles. The molecule has 1 atom stereocenters. The van der Waals surface area contributed by atoms with Gasteiger partial charge in [0.2, 0.25) is 0 Å². The Morgan fingerprint density at radius 1 is 1.39 bits per heavy atom. The van der Waals surface area contributed by atoms with Crippen LogP contribution in [0.15, 0.2) is 0 Å². The minimum absolute atomic E-state index is 0.00343. The van der Waals surface area contributed by atoms with Gasteiger partial charge in [-0.1, -0.05) is 6.92 Å². The van der Waals surface area contributed by atoms with Gasteiger partial charge in [-0.2, -0.15) is 5.10 Å². The lowest BCUT2D eigenvalue weighted by atomic mass is 9.91. The molecular weight excluding hydrogens is 294 g/mol. The second-order valence-electron chi connectivity index (χ2n) is 6.45. The smallest absolute Gasteiger partial charge is 0.334 e. The van der Waals surface area contributed by atoms with E-state index in [0.717, 1.165) is 51.1 Å². The monoisotopic (exact) mass is 323 g/mol. The molecule has 2 heterocycles. The minimum atomic E-state index is -0.988. The minimum Gasteiger partial charge on any atom is -0.467 e. The van der Waals surface area contributed by atoms with Crippen LogP contribution in [0.25, 0.3) is 0 Å². The van der Waals surface area contributed by atoms with E-state index in [4.69, 9.17) is 0 Å². The number of rotatable bonds is 6. The average molecular weight is 323 g/mol. The zero-order chi connectivity index (χ0) is 17.0. The Labute approximate surface area is 138 Å². The molecule has 0 amide bonds. The van der Waals surface area contributed by atoms with Crippen LogP contribution in [-0.4, -0.2) is 52.1 Å². The maximum atomic E-state index is 11.4. The normalized spacial score (nSPS) is 18.1. The molecule has 23 heavy (non-hydrogen) atoms. The zero-order valence-electron chi connectivity index (χ0n) is 14.7. The fourth-order valence-corrected chi connectivity index (χ4v) is 3.36. The number of nitrogens with zero attached hydrogens (tertiary/aromatic N) is 3. The highest BCUT2D eigenvalue weighted by Crippen LogP contribution is 2.24. The summed E-state index contributed by atoms with van der Waals surface area (Å²) in [5.41, 5.74) is 3.67. The lowest BCUT2D eigenvalue weighted by Crippen LogP contribution is -2.40. The lowest BCUT2D eigenvalue weighted by Gasteiger charge is -2.33. The number of aliphatic hydroxyl groups excluding tert-OH is 1. The van der Waals surface area contributed by atoms with E-state index in [2.05, 4.69) is 40.2 Å². The van der Waals surface area contributed by atoms with Gasteiger partial charge in [0, 0.05) is 24.3 Å². The summed E-state index contributed by atoms with van der Waals surface area (Å²) < 4.78 is 6.73. The van der Waals surface area contributed by atoms with Gasteiger partial charge in [-0.05, 0) is 52.1 Å². The number of piperidine rings is 1. The van der Waals surface area contributed by atoms with E-state index in [9.17, 15) is 9.90 Å². The molecule has 0 aliphatic carbocycles. The van der Waals surface area contributed by atoms with E-state index in [-0.39, 0.29) is 5.92 Å². The molecule has 1 fully saturated rings. The molecule has 1 N–H and O–H groups in total. The molecule has 1 unspecified atom stereocenters. The van der Waals surface area contributed by atoms with Crippen molar-refractivity contribution in [1.29, 1.82) is 0 Å². The first-order valence-corrected chi connectivity index (χ1v) is 8.49. The maximum absolute atomic E-state index is 11.4. The molecule has 1 saturated heterocycles. The maximum Gasteiger partial charge on any atom is 0.334 e. The van der Waals surface area contributed by atoms with Crippen molar-refractivity contribution in [1.82, 2.24) is 14.7 Å². The Morgan fingerprint density at radius 3 is 2.61 bits per heavy atom. The predicted octanol–water partition coefficient (Wildman–Crippen LogP) is 1.66. The van der Waals surface area contributed by atoms with Crippen LogP contribution in [0.5, 0.6) is 0 Å². The Bertz CT molecular complexity index is 533. The van der Waals surface area contributed by atoms with Crippen LogP contribution in [-0.2, 0) is 22.6 Å². The lowest BCUT2D eigenvalue weighted by molar-refractivity contribution is -0.154. The summed E-state index contributed by atoms with van der Waals surface area (Å²) in [5, 5.41) is 14.6. The van der Waals surface area contributed by atoms with Crippen LogP contribution < -0.4 is 0 Å². The molecule has 1 aromatic rings. The molecule has 0 aromatic carbocycles. The van der Waals surface area contributed by atoms with Crippen molar-refractivity contribution in [2.75, 3.05) is 20.2 Å². The van der Waals surface area contributed by atoms with Crippen molar-refractivity contribution in [3.05, 3.63) is 17.0 Å². The average Bonchev–Trinajstić information content (AvgIpc) is 2.82. The van der Waals surface area contributed by atoms with E-state index in [1.807, 2.05) is 0 Å². The van der Waals surface area contributed by atoms with Gasteiger partial charge in [-0.25, -0.2) is 4.79 Å². The number of likely N-dealkylation sites (tertiary alicyclic amines) is 1. The van der Waals surface area contributed by atoms with Gasteiger partial charge in [-0.15, -0.1) is 0 Å². The Balaban J connectivity index is 1.93. The fourth-order valence-electron chi connectivity index (χ4n) is 3.36. The van der Waals surface area contributed by atoms with Gasteiger partial charge >= 0.3 is 5.97 Å². The molecule has 1 aromatic heterocycles. The van der Waals surface area contributed by atoms with Crippen molar-refractivity contribution < 1.29 is 14.6 Å². The number of aliphatic hydroxyl groups is 1. The molecular formula is C17H29N3O3. The van der Waals surface area contributed by atoms with Gasteiger partial charge in [0.05, 0.1) is 12.8 Å². The van der Waals surface area contributed by atoms with Crippen LogP contribution in [0.2, 0.25) is 0 Å². The number of methoxy groups -OCH3 is 1. The van der Waals surface area contributed by atoms with Crippen LogP contribution in [0.1, 0.15) is 43.1 Å². The number of esters is 1. The molecule has 0 bridgehead atoms. The quantitative estimate of drug-likeness (QED) is 0.806. The summed E-state index contributed by atoms with van der Waals surface area (Å²) in [5.74, 6) is -0.514. The van der Waals surface area contributed by atoms with Crippen LogP contribution in [0.4, 0.5) is 0 Å². The molecule has 0 saturated carbocycles. The van der Waals surface area contributed by atoms with Gasteiger partial charge in [0.1, 0.15) is 0 Å². The third kappa shape index (κ3) is 4.12. The standard InChI is InChI=1S/C17H29N3O3/c1-5-8-20-13(3)15(12(2)18-20)11-19-9-6-14(7-10-19)16(21)17(22)23-4/h14,16,21H,5-11H2,1-4H3. The molecule has 130 valence electrons. The number of hydrogen-bond acceptors (Lipinski definition) is 5. The summed E-state index contributed by atoms with van der Waals surface area (Å²) in [7, 11) is 1.32. The van der Waals surface area contributed by atoms with Crippen molar-refractivity contribution in [3.63, 3.8) is 0 Å². The molecule has 6 nitrogen and oxygen atoms in total. The largest absolute Gasteiger partial charge is 0.467 e. The summed E-state index contributed by atoms with van der Waals surface area (Å²) in [6, 6.07) is 0. The Kier molecular flexibility index (Phi) is 6.18. The molecule has 6 heteroatoms. The van der Waals surface area contributed by atoms with Crippen molar-refractivity contribution in [3.8, 4) is 0 Å².